The summed E-state index contributed by atoms with van der Waals surface area (Å²) in [7, 11) is 0. The van der Waals surface area contributed by atoms with E-state index in [0.717, 1.165) is 24.8 Å². The Morgan fingerprint density at radius 3 is 2.94 bits per heavy atom. The fourth-order valence-electron chi connectivity index (χ4n) is 1.70. The summed E-state index contributed by atoms with van der Waals surface area (Å²) in [6.07, 6.45) is 4.99. The van der Waals surface area contributed by atoms with Gasteiger partial charge in [0.2, 0.25) is 0 Å². The van der Waals surface area contributed by atoms with Gasteiger partial charge < -0.3 is 11.1 Å². The Morgan fingerprint density at radius 2 is 2.35 bits per heavy atom. The van der Waals surface area contributed by atoms with Crippen LogP contribution in [-0.4, -0.2) is 17.6 Å². The van der Waals surface area contributed by atoms with Gasteiger partial charge in [0.25, 0.3) is 0 Å². The number of hydrogen-bond donors (Lipinski definition) is 2. The average Bonchev–Trinajstić information content (AvgIpc) is 2.34. The van der Waals surface area contributed by atoms with Crippen molar-refractivity contribution in [3.63, 3.8) is 0 Å². The Balaban J connectivity index is 2.79. The summed E-state index contributed by atoms with van der Waals surface area (Å²) in [5.74, 6) is 0.652. The number of anilines is 1. The fourth-order valence-corrected chi connectivity index (χ4v) is 1.70. The molecule has 0 aliphatic carbocycles. The van der Waals surface area contributed by atoms with E-state index in [1.54, 1.807) is 6.20 Å². The highest BCUT2D eigenvalue weighted by Crippen LogP contribution is 2.17. The number of aromatic nitrogens is 1. The van der Waals surface area contributed by atoms with Crippen molar-refractivity contribution in [1.82, 2.24) is 4.98 Å². The molecule has 0 aromatic carbocycles. The third-order valence-corrected chi connectivity index (χ3v) is 2.80. The molecule has 1 aromatic rings. The van der Waals surface area contributed by atoms with Crippen molar-refractivity contribution in [3.05, 3.63) is 23.4 Å². The number of pyridine rings is 1. The van der Waals surface area contributed by atoms with Crippen molar-refractivity contribution < 1.29 is 0 Å². The summed E-state index contributed by atoms with van der Waals surface area (Å²) in [6, 6.07) is 4.22. The minimum absolute atomic E-state index is 0.191. The van der Waals surface area contributed by atoms with E-state index >= 15 is 0 Å². The van der Waals surface area contributed by atoms with Gasteiger partial charge in [-0.3, -0.25) is 0 Å². The van der Waals surface area contributed by atoms with Crippen molar-refractivity contribution in [1.29, 1.82) is 5.26 Å². The number of nitriles is 1. The second kappa shape index (κ2) is 6.87. The molecule has 4 nitrogen and oxygen atoms in total. The number of rotatable bonds is 6. The molecule has 3 N–H and O–H groups in total. The smallest absolute Gasteiger partial charge is 0.144 e. The lowest BCUT2D eigenvalue weighted by molar-refractivity contribution is 0.612. The van der Waals surface area contributed by atoms with Crippen LogP contribution in [0.5, 0.6) is 0 Å². The fraction of sp³-hybridized carbons (Fsp3) is 0.538. The van der Waals surface area contributed by atoms with Crippen LogP contribution in [0.25, 0.3) is 0 Å². The second-order valence-electron chi connectivity index (χ2n) is 4.18. The van der Waals surface area contributed by atoms with E-state index in [2.05, 4.69) is 23.3 Å². The van der Waals surface area contributed by atoms with E-state index in [0.29, 0.717) is 17.9 Å². The van der Waals surface area contributed by atoms with Crippen molar-refractivity contribution in [2.24, 2.45) is 5.73 Å². The molecule has 1 unspecified atom stereocenters. The van der Waals surface area contributed by atoms with Gasteiger partial charge in [-0.05, 0) is 25.0 Å². The van der Waals surface area contributed by atoms with Gasteiger partial charge in [-0.2, -0.15) is 5.26 Å². The Labute approximate surface area is 103 Å². The first kappa shape index (κ1) is 13.5. The van der Waals surface area contributed by atoms with E-state index < -0.39 is 0 Å². The number of nitrogens with zero attached hydrogens (tertiary/aromatic N) is 2. The summed E-state index contributed by atoms with van der Waals surface area (Å²) in [5.41, 5.74) is 7.27. The Morgan fingerprint density at radius 1 is 1.59 bits per heavy atom. The van der Waals surface area contributed by atoms with Crippen molar-refractivity contribution in [2.45, 2.75) is 39.2 Å². The Bertz CT molecular complexity index is 395. The van der Waals surface area contributed by atoms with E-state index in [4.69, 9.17) is 11.0 Å². The van der Waals surface area contributed by atoms with Gasteiger partial charge >= 0.3 is 0 Å². The first-order chi connectivity index (χ1) is 8.22. The van der Waals surface area contributed by atoms with Gasteiger partial charge in [0.1, 0.15) is 11.9 Å². The summed E-state index contributed by atoms with van der Waals surface area (Å²) < 4.78 is 0. The molecule has 1 rings (SSSR count). The summed E-state index contributed by atoms with van der Waals surface area (Å²) in [5, 5.41) is 12.4. The van der Waals surface area contributed by atoms with Crippen LogP contribution in [0.1, 0.15) is 37.3 Å². The standard InChI is InChI=1S/C13H20N4/c1-3-4-5-11(8-14)17-13-12(9-15)10(2)6-7-16-13/h6-7,11H,3-5,8,14H2,1-2H3,(H,16,17). The zero-order valence-corrected chi connectivity index (χ0v) is 10.5. The first-order valence-electron chi connectivity index (χ1n) is 6.05. The lowest BCUT2D eigenvalue weighted by Gasteiger charge is -2.18. The van der Waals surface area contributed by atoms with E-state index in [1.165, 1.54) is 0 Å². The van der Waals surface area contributed by atoms with Crippen LogP contribution in [0.3, 0.4) is 0 Å². The highest BCUT2D eigenvalue weighted by atomic mass is 15.0. The van der Waals surface area contributed by atoms with Gasteiger partial charge in [-0.25, -0.2) is 4.98 Å². The zero-order valence-electron chi connectivity index (χ0n) is 10.5. The van der Waals surface area contributed by atoms with Crippen molar-refractivity contribution in [2.75, 3.05) is 11.9 Å². The molecule has 0 fully saturated rings. The minimum Gasteiger partial charge on any atom is -0.365 e. The molecule has 1 atom stereocenters. The largest absolute Gasteiger partial charge is 0.365 e. The molecule has 1 aromatic heterocycles. The van der Waals surface area contributed by atoms with Crippen LogP contribution in [0.15, 0.2) is 12.3 Å². The van der Waals surface area contributed by atoms with Gasteiger partial charge in [0.15, 0.2) is 0 Å². The average molecular weight is 232 g/mol. The van der Waals surface area contributed by atoms with E-state index in [9.17, 15) is 0 Å². The van der Waals surface area contributed by atoms with Gasteiger partial charge in [-0.1, -0.05) is 19.8 Å². The van der Waals surface area contributed by atoms with E-state index in [-0.39, 0.29) is 6.04 Å². The Hall–Kier alpha value is -1.60. The second-order valence-corrected chi connectivity index (χ2v) is 4.18. The van der Waals surface area contributed by atoms with Crippen LogP contribution in [0.4, 0.5) is 5.82 Å². The molecule has 0 aliphatic heterocycles. The van der Waals surface area contributed by atoms with Crippen LogP contribution in [0.2, 0.25) is 0 Å². The normalized spacial score (nSPS) is 11.9. The van der Waals surface area contributed by atoms with E-state index in [1.807, 2.05) is 13.0 Å². The zero-order chi connectivity index (χ0) is 12.7. The topological polar surface area (TPSA) is 74.7 Å². The molecule has 0 amide bonds. The molecule has 0 bridgehead atoms. The number of unbranched alkanes of at least 4 members (excludes halogenated alkanes) is 1. The predicted octanol–water partition coefficient (Wildman–Crippen LogP) is 2.19. The maximum Gasteiger partial charge on any atom is 0.144 e. The Kier molecular flexibility index (Phi) is 5.44. The summed E-state index contributed by atoms with van der Waals surface area (Å²) >= 11 is 0. The molecule has 0 aliphatic rings. The maximum absolute atomic E-state index is 9.10. The van der Waals surface area contributed by atoms with Crippen molar-refractivity contribution >= 4 is 5.82 Å². The van der Waals surface area contributed by atoms with Gasteiger partial charge in [0, 0.05) is 18.8 Å². The lowest BCUT2D eigenvalue weighted by Crippen LogP contribution is -2.29. The lowest BCUT2D eigenvalue weighted by atomic mass is 10.1. The molecule has 0 saturated heterocycles. The number of nitrogens with one attached hydrogen (secondary N) is 1. The third kappa shape index (κ3) is 3.72. The summed E-state index contributed by atoms with van der Waals surface area (Å²) in [4.78, 5) is 4.22. The minimum atomic E-state index is 0.191. The van der Waals surface area contributed by atoms with Crippen LogP contribution in [0, 0.1) is 18.3 Å². The van der Waals surface area contributed by atoms with Crippen molar-refractivity contribution in [3.8, 4) is 6.07 Å². The van der Waals surface area contributed by atoms with Crippen LogP contribution >= 0.6 is 0 Å². The molecule has 0 saturated carbocycles. The maximum atomic E-state index is 9.10. The highest BCUT2D eigenvalue weighted by Gasteiger charge is 2.11. The predicted molar refractivity (Wildman–Crippen MR) is 69.7 cm³/mol. The monoisotopic (exact) mass is 232 g/mol. The molecular formula is C13H20N4. The molecule has 4 heteroatoms. The molecule has 1 heterocycles. The van der Waals surface area contributed by atoms with Gasteiger partial charge in [0.05, 0.1) is 5.56 Å². The quantitative estimate of drug-likeness (QED) is 0.788. The third-order valence-electron chi connectivity index (χ3n) is 2.80. The summed E-state index contributed by atoms with van der Waals surface area (Å²) in [6.45, 7) is 4.62. The highest BCUT2D eigenvalue weighted by molar-refractivity contribution is 5.55. The SMILES string of the molecule is CCCCC(CN)Nc1nccc(C)c1C#N. The molecule has 92 valence electrons. The number of hydrogen-bond acceptors (Lipinski definition) is 4. The first-order valence-corrected chi connectivity index (χ1v) is 6.05. The number of nitrogens with two attached hydrogens (primary N) is 1. The van der Waals surface area contributed by atoms with Crippen LogP contribution < -0.4 is 11.1 Å². The van der Waals surface area contributed by atoms with Crippen LogP contribution in [-0.2, 0) is 0 Å². The van der Waals surface area contributed by atoms with Gasteiger partial charge in [-0.15, -0.1) is 0 Å². The number of aryl methyl sites for hydroxylation is 1. The molecular weight excluding hydrogens is 212 g/mol. The molecule has 0 radical (unpaired) electrons. The molecule has 0 spiro atoms. The molecule has 17 heavy (non-hydrogen) atoms.